The van der Waals surface area contributed by atoms with E-state index < -0.39 is 22.9 Å². The van der Waals surface area contributed by atoms with Crippen molar-refractivity contribution in [3.63, 3.8) is 0 Å². The molecule has 3 aliphatic rings. The fourth-order valence-electron chi connectivity index (χ4n) is 4.19. The zero-order valence-corrected chi connectivity index (χ0v) is 16.5. The first kappa shape index (κ1) is 20.5. The Hall–Kier alpha value is -0.225. The lowest BCUT2D eigenvalue weighted by atomic mass is 9.79. The lowest BCUT2D eigenvalue weighted by Crippen LogP contribution is -2.51. The van der Waals surface area contributed by atoms with Crippen LogP contribution in [-0.4, -0.2) is 78.5 Å². The highest BCUT2D eigenvalue weighted by Gasteiger charge is 2.48. The molecule has 0 aromatic rings. The molecule has 10 heteroatoms. The normalized spacial score (nSPS) is 33.3. The van der Waals surface area contributed by atoms with Crippen molar-refractivity contribution < 1.29 is 18.5 Å². The molecule has 0 aromatic carbocycles. The van der Waals surface area contributed by atoms with E-state index in [1.54, 1.807) is 8.61 Å². The molecule has 1 saturated carbocycles. The van der Waals surface area contributed by atoms with Gasteiger partial charge in [-0.3, -0.25) is 0 Å². The highest BCUT2D eigenvalue weighted by molar-refractivity contribution is 7.86. The highest BCUT2D eigenvalue weighted by atomic mass is 32.2. The predicted molar refractivity (Wildman–Crippen MR) is 102 cm³/mol. The van der Waals surface area contributed by atoms with Crippen LogP contribution in [0.4, 0.5) is 0 Å². The number of nitrogens with zero attached hydrogens (tertiary/aromatic N) is 2. The zero-order valence-electron chi connectivity index (χ0n) is 15.7. The van der Waals surface area contributed by atoms with Gasteiger partial charge in [-0.05, 0) is 57.3 Å². The fraction of sp³-hybridized carbons (Fsp3) is 1.00. The van der Waals surface area contributed by atoms with E-state index in [0.717, 1.165) is 32.4 Å². The van der Waals surface area contributed by atoms with Crippen molar-refractivity contribution in [2.45, 2.75) is 56.9 Å². The van der Waals surface area contributed by atoms with Gasteiger partial charge in [-0.1, -0.05) is 6.42 Å². The minimum Gasteiger partial charge on any atom is -0.427 e. The minimum absolute atomic E-state index is 0.0282. The van der Waals surface area contributed by atoms with Crippen molar-refractivity contribution in [3.8, 4) is 0 Å². The van der Waals surface area contributed by atoms with Crippen molar-refractivity contribution >= 4 is 17.3 Å². The molecule has 0 unspecified atom stereocenters. The summed E-state index contributed by atoms with van der Waals surface area (Å²) in [5, 5.41) is 21.3. The van der Waals surface area contributed by atoms with Crippen LogP contribution in [0.2, 0.25) is 6.32 Å². The molecule has 0 radical (unpaired) electrons. The largest absolute Gasteiger partial charge is 0.451 e. The van der Waals surface area contributed by atoms with Crippen molar-refractivity contribution in [1.82, 2.24) is 13.9 Å². The van der Waals surface area contributed by atoms with Crippen LogP contribution in [0.1, 0.15) is 39.0 Å². The van der Waals surface area contributed by atoms with E-state index in [4.69, 9.17) is 15.8 Å². The molecule has 8 nitrogen and oxygen atoms in total. The maximum Gasteiger partial charge on any atom is 0.451 e. The third-order valence-electron chi connectivity index (χ3n) is 6.09. The summed E-state index contributed by atoms with van der Waals surface area (Å²) in [5.74, 6) is 0.527. The summed E-state index contributed by atoms with van der Waals surface area (Å²) < 4.78 is 30.1. The van der Waals surface area contributed by atoms with E-state index in [9.17, 15) is 8.42 Å². The summed E-state index contributed by atoms with van der Waals surface area (Å²) in [4.78, 5) is 0. The van der Waals surface area contributed by atoms with Crippen LogP contribution in [0.3, 0.4) is 0 Å². The van der Waals surface area contributed by atoms with Gasteiger partial charge in [-0.25, -0.2) is 0 Å². The Bertz CT molecular complexity index is 579. The van der Waals surface area contributed by atoms with Gasteiger partial charge < -0.3 is 21.1 Å². The molecule has 2 heterocycles. The molecule has 3 atom stereocenters. The molecule has 0 aromatic heterocycles. The van der Waals surface area contributed by atoms with Crippen LogP contribution in [0.25, 0.3) is 0 Å². The van der Waals surface area contributed by atoms with Crippen LogP contribution >= 0.6 is 0 Å². The molecular formula is C16H33BN4O4S. The molecule has 3 fully saturated rings. The smallest absolute Gasteiger partial charge is 0.427 e. The van der Waals surface area contributed by atoms with Gasteiger partial charge in [0.15, 0.2) is 0 Å². The van der Waals surface area contributed by atoms with Crippen LogP contribution < -0.4 is 11.1 Å². The average molecular weight is 388 g/mol. The van der Waals surface area contributed by atoms with Crippen molar-refractivity contribution in [2.24, 2.45) is 17.6 Å². The molecule has 26 heavy (non-hydrogen) atoms. The number of nitrogens with two attached hydrogens (primary N) is 1. The summed E-state index contributed by atoms with van der Waals surface area (Å²) in [6.07, 6.45) is 4.71. The van der Waals surface area contributed by atoms with E-state index in [1.807, 2.05) is 6.92 Å². The second-order valence-electron chi connectivity index (χ2n) is 8.57. The minimum atomic E-state index is -3.54. The predicted octanol–water partition coefficient (Wildman–Crippen LogP) is -0.793. The molecule has 1 aliphatic carbocycles. The molecule has 0 bridgehead atoms. The highest BCUT2D eigenvalue weighted by Crippen LogP contribution is 2.36. The van der Waals surface area contributed by atoms with E-state index in [1.165, 1.54) is 0 Å². The Morgan fingerprint density at radius 1 is 1.35 bits per heavy atom. The summed E-state index contributed by atoms with van der Waals surface area (Å²) >= 11 is 0. The maximum atomic E-state index is 13.4. The Labute approximate surface area is 157 Å². The lowest BCUT2D eigenvalue weighted by molar-refractivity contribution is 0.292. The number of nitrogens with one attached hydrogen (secondary N) is 1. The number of rotatable bonds is 9. The van der Waals surface area contributed by atoms with Gasteiger partial charge in [0.25, 0.3) is 10.2 Å². The Morgan fingerprint density at radius 2 is 2.08 bits per heavy atom. The van der Waals surface area contributed by atoms with Gasteiger partial charge in [-0.15, -0.1) is 0 Å². The first-order valence-electron chi connectivity index (χ1n) is 9.83. The van der Waals surface area contributed by atoms with Crippen molar-refractivity contribution in [2.75, 3.05) is 32.7 Å². The van der Waals surface area contributed by atoms with E-state index in [2.05, 4.69) is 5.32 Å². The quantitative estimate of drug-likeness (QED) is 0.385. The Balaban J connectivity index is 1.68. The summed E-state index contributed by atoms with van der Waals surface area (Å²) in [5.41, 5.74) is 5.84. The third-order valence-corrected chi connectivity index (χ3v) is 8.06. The molecule has 0 amide bonds. The van der Waals surface area contributed by atoms with Gasteiger partial charge in [-0.2, -0.15) is 17.0 Å². The average Bonchev–Trinajstić information content (AvgIpc) is 3.10. The topological polar surface area (TPSA) is 119 Å². The van der Waals surface area contributed by atoms with Crippen molar-refractivity contribution in [1.29, 1.82) is 0 Å². The van der Waals surface area contributed by atoms with Crippen LogP contribution in [0, 0.1) is 11.8 Å². The van der Waals surface area contributed by atoms with Gasteiger partial charge in [0.2, 0.25) is 0 Å². The molecule has 5 N–H and O–H groups in total. The molecule has 0 spiro atoms. The van der Waals surface area contributed by atoms with Crippen LogP contribution in [-0.2, 0) is 10.2 Å². The number of hydrogen-bond donors (Lipinski definition) is 4. The molecule has 2 saturated heterocycles. The standard InChI is InChI=1S/C16H33BN4O4S/c1-16(18)12-20(11-14(16)3-2-7-17(22)23)26(24,25)21(10-13-4-5-13)15-6-8-19-9-15/h13-15,19,22-23H,2-12,18H2,1H3/t14-,15+,16-/m0/s1. The van der Waals surface area contributed by atoms with Gasteiger partial charge in [0, 0.05) is 37.8 Å². The van der Waals surface area contributed by atoms with Crippen LogP contribution in [0.15, 0.2) is 0 Å². The van der Waals surface area contributed by atoms with Gasteiger partial charge in [0.05, 0.1) is 0 Å². The summed E-state index contributed by atoms with van der Waals surface area (Å²) in [7, 11) is -4.85. The monoisotopic (exact) mass is 388 g/mol. The molecular weight excluding hydrogens is 355 g/mol. The Kier molecular flexibility index (Phi) is 6.33. The third kappa shape index (κ3) is 4.78. The maximum absolute atomic E-state index is 13.4. The van der Waals surface area contributed by atoms with E-state index in [0.29, 0.717) is 44.7 Å². The number of hydrogen-bond acceptors (Lipinski definition) is 6. The second kappa shape index (κ2) is 8.02. The van der Waals surface area contributed by atoms with E-state index >= 15 is 0 Å². The second-order valence-corrected chi connectivity index (χ2v) is 10.5. The fourth-order valence-corrected chi connectivity index (χ4v) is 6.25. The zero-order chi connectivity index (χ0) is 18.9. The summed E-state index contributed by atoms with van der Waals surface area (Å²) in [6, 6.07) is 0.0354. The first-order chi connectivity index (χ1) is 12.2. The Morgan fingerprint density at radius 3 is 2.65 bits per heavy atom. The molecule has 3 rings (SSSR count). The first-order valence-corrected chi connectivity index (χ1v) is 11.2. The van der Waals surface area contributed by atoms with Gasteiger partial charge in [0.1, 0.15) is 0 Å². The SMILES string of the molecule is C[C@]1(N)CN(S(=O)(=O)N(CC2CC2)[C@@H]2CCNC2)C[C@@H]1CCCB(O)O. The van der Waals surface area contributed by atoms with E-state index in [-0.39, 0.29) is 12.0 Å². The van der Waals surface area contributed by atoms with Crippen molar-refractivity contribution in [3.05, 3.63) is 0 Å². The van der Waals surface area contributed by atoms with Gasteiger partial charge >= 0.3 is 7.12 Å². The summed E-state index contributed by atoms with van der Waals surface area (Å²) in [6.45, 7) is 4.85. The van der Waals surface area contributed by atoms with Crippen LogP contribution in [0.5, 0.6) is 0 Å². The lowest BCUT2D eigenvalue weighted by Gasteiger charge is -2.32. The molecule has 2 aliphatic heterocycles. The molecule has 150 valence electrons.